The number of rotatable bonds is 7. The summed E-state index contributed by atoms with van der Waals surface area (Å²) in [6, 6.07) is 17.4. The highest BCUT2D eigenvalue weighted by Gasteiger charge is 2.27. The largest absolute Gasteiger partial charge is 0.461 e. The van der Waals surface area contributed by atoms with Crippen molar-refractivity contribution >= 4 is 31.8 Å². The second kappa shape index (κ2) is 9.25. The van der Waals surface area contributed by atoms with E-state index < -0.39 is 10.0 Å². The number of sulfonamides is 1. The minimum atomic E-state index is -3.56. The van der Waals surface area contributed by atoms with Gasteiger partial charge in [0.1, 0.15) is 11.3 Å². The van der Waals surface area contributed by atoms with E-state index in [0.717, 1.165) is 66.4 Å². The summed E-state index contributed by atoms with van der Waals surface area (Å²) in [6.45, 7) is 3.48. The lowest BCUT2D eigenvalue weighted by molar-refractivity contribution is 0.172. The summed E-state index contributed by atoms with van der Waals surface area (Å²) >= 11 is 0. The monoisotopic (exact) mass is 463 g/mol. The second-order valence-electron chi connectivity index (χ2n) is 8.92. The van der Waals surface area contributed by atoms with Gasteiger partial charge in [0.2, 0.25) is 10.0 Å². The zero-order valence-corrected chi connectivity index (χ0v) is 19.7. The molecule has 1 aliphatic rings. The van der Waals surface area contributed by atoms with Gasteiger partial charge in [0, 0.05) is 55.1 Å². The Morgan fingerprint density at radius 3 is 2.67 bits per heavy atom. The standard InChI is InChI=1S/C26H29N3O3S/c1-28(33(30,31)26-8-4-6-22-18-27-13-9-24(22)26)19-20-10-14-29(15-11-20)16-12-23-17-21-5-2-3-7-25(21)32-23/h2-9,13,17-18,20H,10-12,14-16,19H2,1H3. The number of furan rings is 1. The van der Waals surface area contributed by atoms with Gasteiger partial charge in [0.05, 0.1) is 4.90 Å². The lowest BCUT2D eigenvalue weighted by Gasteiger charge is -2.33. The van der Waals surface area contributed by atoms with Crippen LogP contribution < -0.4 is 0 Å². The molecule has 33 heavy (non-hydrogen) atoms. The van der Waals surface area contributed by atoms with Crippen molar-refractivity contribution in [2.24, 2.45) is 5.92 Å². The van der Waals surface area contributed by atoms with Gasteiger partial charge < -0.3 is 9.32 Å². The molecule has 0 spiro atoms. The highest BCUT2D eigenvalue weighted by molar-refractivity contribution is 7.89. The summed E-state index contributed by atoms with van der Waals surface area (Å²) in [7, 11) is -1.86. The zero-order valence-electron chi connectivity index (χ0n) is 18.9. The molecule has 1 aliphatic heterocycles. The predicted octanol–water partition coefficient (Wildman–Crippen LogP) is 4.56. The van der Waals surface area contributed by atoms with Crippen LogP contribution in [0.2, 0.25) is 0 Å². The van der Waals surface area contributed by atoms with Crippen LogP contribution >= 0.6 is 0 Å². The molecule has 0 saturated carbocycles. The van der Waals surface area contributed by atoms with E-state index in [0.29, 0.717) is 17.4 Å². The normalized spacial score (nSPS) is 16.2. The number of hydrogen-bond donors (Lipinski definition) is 0. The molecule has 3 heterocycles. The van der Waals surface area contributed by atoms with Crippen molar-refractivity contribution in [1.82, 2.24) is 14.2 Å². The van der Waals surface area contributed by atoms with Crippen molar-refractivity contribution in [3.63, 3.8) is 0 Å². The molecule has 0 aliphatic carbocycles. The number of benzene rings is 2. The first-order valence-electron chi connectivity index (χ1n) is 11.5. The average Bonchev–Trinajstić information content (AvgIpc) is 3.26. The Balaban J connectivity index is 1.16. The Hall–Kier alpha value is -2.74. The SMILES string of the molecule is CN(CC1CCN(CCc2cc3ccccc3o2)CC1)S(=O)(=O)c1cccc2cnccc12. The number of hydrogen-bond acceptors (Lipinski definition) is 5. The molecule has 0 bridgehead atoms. The summed E-state index contributed by atoms with van der Waals surface area (Å²) in [5.74, 6) is 1.39. The highest BCUT2D eigenvalue weighted by atomic mass is 32.2. The Morgan fingerprint density at radius 1 is 1.06 bits per heavy atom. The van der Waals surface area contributed by atoms with E-state index in [1.54, 1.807) is 37.6 Å². The molecule has 172 valence electrons. The van der Waals surface area contributed by atoms with Crippen molar-refractivity contribution in [3.05, 3.63) is 72.8 Å². The van der Waals surface area contributed by atoms with Crippen LogP contribution in [0.3, 0.4) is 0 Å². The van der Waals surface area contributed by atoms with Crippen LogP contribution in [0.15, 0.2) is 76.3 Å². The first-order chi connectivity index (χ1) is 16.0. The lowest BCUT2D eigenvalue weighted by atomic mass is 9.97. The summed E-state index contributed by atoms with van der Waals surface area (Å²) in [5, 5.41) is 2.71. The Morgan fingerprint density at radius 2 is 1.85 bits per heavy atom. The molecule has 5 rings (SSSR count). The number of fused-ring (bicyclic) bond motifs is 2. The van der Waals surface area contributed by atoms with E-state index in [4.69, 9.17) is 4.42 Å². The predicted molar refractivity (Wildman–Crippen MR) is 131 cm³/mol. The van der Waals surface area contributed by atoms with Crippen LogP contribution in [0, 0.1) is 5.92 Å². The average molecular weight is 464 g/mol. The summed E-state index contributed by atoms with van der Waals surface area (Å²) in [6.07, 6.45) is 6.24. The molecule has 2 aromatic carbocycles. The van der Waals surface area contributed by atoms with Gasteiger partial charge in [0.15, 0.2) is 0 Å². The number of aromatic nitrogens is 1. The molecular weight excluding hydrogens is 434 g/mol. The van der Waals surface area contributed by atoms with Gasteiger partial charge in [0.25, 0.3) is 0 Å². The van der Waals surface area contributed by atoms with E-state index in [1.807, 2.05) is 24.3 Å². The van der Waals surface area contributed by atoms with Crippen LogP contribution in [-0.4, -0.2) is 55.8 Å². The van der Waals surface area contributed by atoms with Gasteiger partial charge in [-0.25, -0.2) is 12.7 Å². The minimum absolute atomic E-state index is 0.355. The third-order valence-electron chi connectivity index (χ3n) is 6.70. The summed E-state index contributed by atoms with van der Waals surface area (Å²) in [4.78, 5) is 6.92. The van der Waals surface area contributed by atoms with Gasteiger partial charge >= 0.3 is 0 Å². The van der Waals surface area contributed by atoms with Gasteiger partial charge in [-0.3, -0.25) is 4.98 Å². The highest BCUT2D eigenvalue weighted by Crippen LogP contribution is 2.27. The summed E-state index contributed by atoms with van der Waals surface area (Å²) in [5.41, 5.74) is 0.943. The van der Waals surface area contributed by atoms with E-state index >= 15 is 0 Å². The first-order valence-corrected chi connectivity index (χ1v) is 12.9. The third-order valence-corrected chi connectivity index (χ3v) is 8.58. The third kappa shape index (κ3) is 4.67. The van der Waals surface area contributed by atoms with Gasteiger partial charge in [-0.2, -0.15) is 0 Å². The van der Waals surface area contributed by atoms with Crippen LogP contribution in [-0.2, 0) is 16.4 Å². The Labute approximate surface area is 194 Å². The molecule has 0 atom stereocenters. The van der Waals surface area contributed by atoms with Crippen LogP contribution in [0.25, 0.3) is 21.7 Å². The van der Waals surface area contributed by atoms with E-state index in [1.165, 1.54) is 4.31 Å². The smallest absolute Gasteiger partial charge is 0.243 e. The quantitative estimate of drug-likeness (QED) is 0.402. The zero-order chi connectivity index (χ0) is 22.8. The maximum atomic E-state index is 13.3. The van der Waals surface area contributed by atoms with E-state index in [9.17, 15) is 8.42 Å². The Kier molecular flexibility index (Phi) is 6.19. The molecule has 1 fully saturated rings. The maximum Gasteiger partial charge on any atom is 0.243 e. The molecule has 7 heteroatoms. The number of para-hydroxylation sites is 1. The minimum Gasteiger partial charge on any atom is -0.461 e. The number of piperidine rings is 1. The molecule has 6 nitrogen and oxygen atoms in total. The molecule has 0 N–H and O–H groups in total. The van der Waals surface area contributed by atoms with Crippen molar-refractivity contribution in [1.29, 1.82) is 0 Å². The molecule has 1 saturated heterocycles. The fourth-order valence-electron chi connectivity index (χ4n) is 4.77. The fourth-order valence-corrected chi connectivity index (χ4v) is 6.23. The van der Waals surface area contributed by atoms with Crippen molar-refractivity contribution < 1.29 is 12.8 Å². The van der Waals surface area contributed by atoms with Crippen LogP contribution in [0.1, 0.15) is 18.6 Å². The first kappa shape index (κ1) is 22.1. The lowest BCUT2D eigenvalue weighted by Crippen LogP contribution is -2.40. The second-order valence-corrected chi connectivity index (χ2v) is 10.9. The fraction of sp³-hybridized carbons (Fsp3) is 0.346. The molecular formula is C26H29N3O3S. The van der Waals surface area contributed by atoms with Crippen molar-refractivity contribution in [2.45, 2.75) is 24.2 Å². The number of likely N-dealkylation sites (tertiary alicyclic amines) is 1. The van der Waals surface area contributed by atoms with E-state index in [-0.39, 0.29) is 0 Å². The molecule has 0 amide bonds. The van der Waals surface area contributed by atoms with Crippen molar-refractivity contribution in [3.8, 4) is 0 Å². The van der Waals surface area contributed by atoms with Gasteiger partial charge in [-0.1, -0.05) is 30.3 Å². The van der Waals surface area contributed by atoms with Gasteiger partial charge in [-0.05, 0) is 56.1 Å². The summed E-state index contributed by atoms with van der Waals surface area (Å²) < 4.78 is 34.1. The van der Waals surface area contributed by atoms with Crippen LogP contribution in [0.5, 0.6) is 0 Å². The molecule has 2 aromatic heterocycles. The van der Waals surface area contributed by atoms with Gasteiger partial charge in [-0.15, -0.1) is 0 Å². The topological polar surface area (TPSA) is 66.7 Å². The van der Waals surface area contributed by atoms with E-state index in [2.05, 4.69) is 22.0 Å². The van der Waals surface area contributed by atoms with Crippen LogP contribution in [0.4, 0.5) is 0 Å². The molecule has 0 radical (unpaired) electrons. The maximum absolute atomic E-state index is 13.3. The number of nitrogens with zero attached hydrogens (tertiary/aromatic N) is 3. The molecule has 4 aromatic rings. The molecule has 0 unspecified atom stereocenters. The number of pyridine rings is 1. The van der Waals surface area contributed by atoms with Crippen molar-refractivity contribution in [2.75, 3.05) is 33.2 Å². The Bertz CT molecular complexity index is 1320.